The minimum Gasteiger partial charge on any atom is -0.494 e. The minimum absolute atomic E-state index is 0.112. The number of hydrogen-bond donors (Lipinski definition) is 4. The van der Waals surface area contributed by atoms with Crippen LogP contribution in [0, 0.1) is 6.92 Å². The molecule has 0 radical (unpaired) electrons. The Kier molecular flexibility index (Phi) is 7.98. The molecule has 2 aliphatic rings. The van der Waals surface area contributed by atoms with Crippen LogP contribution in [0.25, 0.3) is 10.9 Å². The normalized spacial score (nSPS) is 18.7. The van der Waals surface area contributed by atoms with Gasteiger partial charge < -0.3 is 20.5 Å². The molecule has 2 bridgehead atoms. The van der Waals surface area contributed by atoms with E-state index in [0.29, 0.717) is 57.7 Å². The molecule has 4 aromatic rings. The third-order valence-corrected chi connectivity index (χ3v) is 8.26. The van der Waals surface area contributed by atoms with Crippen LogP contribution >= 0.6 is 0 Å². The van der Waals surface area contributed by atoms with E-state index in [0.717, 1.165) is 25.2 Å². The fourth-order valence-electron chi connectivity index (χ4n) is 6.09. The second-order valence-electron chi connectivity index (χ2n) is 11.3. The summed E-state index contributed by atoms with van der Waals surface area (Å²) in [4.78, 5) is 40.7. The predicted octanol–water partition coefficient (Wildman–Crippen LogP) is 4.49. The van der Waals surface area contributed by atoms with Crippen LogP contribution in [-0.4, -0.2) is 88.1 Å². The zero-order valence-electron chi connectivity index (χ0n) is 24.2. The highest BCUT2D eigenvalue weighted by molar-refractivity contribution is 6.22. The Morgan fingerprint density at radius 3 is 2.40 bits per heavy atom. The Balaban J connectivity index is 1.21. The van der Waals surface area contributed by atoms with Crippen molar-refractivity contribution in [3.63, 3.8) is 0 Å². The first kappa shape index (κ1) is 28.6. The number of aromatic carboxylic acids is 1. The van der Waals surface area contributed by atoms with Gasteiger partial charge in [0.25, 0.3) is 5.91 Å². The fraction of sp³-hybridized carbons (Fsp3) is 0.303. The van der Waals surface area contributed by atoms with Gasteiger partial charge in [-0.05, 0) is 61.7 Å². The van der Waals surface area contributed by atoms with E-state index in [-0.39, 0.29) is 17.4 Å². The van der Waals surface area contributed by atoms with E-state index in [9.17, 15) is 19.8 Å². The number of carboxylic acid groups (broad SMARTS) is 1. The maximum Gasteiger partial charge on any atom is 0.336 e. The number of aromatic hydroxyl groups is 1. The van der Waals surface area contributed by atoms with Crippen LogP contribution in [0.4, 0.5) is 5.69 Å². The monoisotopic (exact) mass is 581 g/mol. The molecule has 2 unspecified atom stereocenters. The molecular formula is C33H35N5O5. The van der Waals surface area contributed by atoms with Gasteiger partial charge in [-0.2, -0.15) is 0 Å². The number of H-pyrrole nitrogens is 1. The summed E-state index contributed by atoms with van der Waals surface area (Å²) in [6, 6.07) is 20.8. The maximum atomic E-state index is 13.0. The number of fused-ring (bicyclic) bond motifs is 3. The molecule has 6 rings (SSSR count). The Morgan fingerprint density at radius 2 is 1.72 bits per heavy atom. The zero-order chi connectivity index (χ0) is 30.1. The van der Waals surface area contributed by atoms with Gasteiger partial charge in [-0.15, -0.1) is 0 Å². The molecule has 2 fully saturated rings. The van der Waals surface area contributed by atoms with Crippen molar-refractivity contribution in [2.45, 2.75) is 31.8 Å². The van der Waals surface area contributed by atoms with Crippen LogP contribution in [0.15, 0.2) is 71.7 Å². The topological polar surface area (TPSA) is 130 Å². The highest BCUT2D eigenvalue weighted by Gasteiger charge is 2.31. The van der Waals surface area contributed by atoms with E-state index in [2.05, 4.69) is 15.2 Å². The number of aromatic nitrogens is 1. The van der Waals surface area contributed by atoms with Crippen LogP contribution in [0.1, 0.15) is 50.2 Å². The van der Waals surface area contributed by atoms with Crippen molar-refractivity contribution in [3.8, 4) is 5.88 Å². The van der Waals surface area contributed by atoms with Gasteiger partial charge in [0, 0.05) is 60.8 Å². The molecule has 222 valence electrons. The predicted molar refractivity (Wildman–Crippen MR) is 164 cm³/mol. The number of aliphatic imine (C=N–C) groups is 1. The molecule has 43 heavy (non-hydrogen) atoms. The Bertz CT molecular complexity index is 1670. The molecule has 1 aromatic heterocycles. The summed E-state index contributed by atoms with van der Waals surface area (Å²) in [5.41, 5.74) is 4.01. The number of carboxylic acids is 1. The fourth-order valence-corrected chi connectivity index (χ4v) is 6.09. The number of nitrogens with one attached hydrogen (secondary N) is 2. The van der Waals surface area contributed by atoms with Crippen molar-refractivity contribution in [2.24, 2.45) is 4.99 Å². The van der Waals surface area contributed by atoms with E-state index in [4.69, 9.17) is 9.83 Å². The van der Waals surface area contributed by atoms with Crippen molar-refractivity contribution in [1.82, 2.24) is 20.3 Å². The number of piperazine rings is 1. The number of benzene rings is 3. The van der Waals surface area contributed by atoms with Crippen molar-refractivity contribution >= 4 is 34.2 Å². The SMILES string of the molecule is Cc1cc2c(C(=Nc3ccc(C(=O)N(C)OCCN4CC5CCC(C4)N5)cc3)c3ccccc3)c(O)[nH]c2cc1C(=O)O. The van der Waals surface area contributed by atoms with Gasteiger partial charge in [0.05, 0.1) is 29.1 Å². The van der Waals surface area contributed by atoms with Gasteiger partial charge in [-0.1, -0.05) is 30.3 Å². The highest BCUT2D eigenvalue weighted by Crippen LogP contribution is 2.33. The lowest BCUT2D eigenvalue weighted by Gasteiger charge is -2.32. The van der Waals surface area contributed by atoms with E-state index in [1.54, 1.807) is 44.3 Å². The summed E-state index contributed by atoms with van der Waals surface area (Å²) in [5, 5.41) is 26.1. The number of hydroxylamine groups is 2. The molecular weight excluding hydrogens is 546 g/mol. The summed E-state index contributed by atoms with van der Waals surface area (Å²) < 4.78 is 0. The van der Waals surface area contributed by atoms with Crippen molar-refractivity contribution in [1.29, 1.82) is 0 Å². The van der Waals surface area contributed by atoms with E-state index >= 15 is 0 Å². The first-order valence-electron chi connectivity index (χ1n) is 14.5. The number of carbonyl (C=O) groups excluding carboxylic acids is 1. The number of likely N-dealkylation sites (tertiary alicyclic amines) is 1. The second kappa shape index (κ2) is 12.0. The quantitative estimate of drug-likeness (QED) is 0.169. The van der Waals surface area contributed by atoms with Crippen LogP contribution in [0.5, 0.6) is 5.88 Å². The molecule has 2 atom stereocenters. The lowest BCUT2D eigenvalue weighted by Crippen LogP contribution is -2.52. The molecule has 2 saturated heterocycles. The number of hydrogen-bond acceptors (Lipinski definition) is 7. The first-order chi connectivity index (χ1) is 20.8. The molecule has 0 aliphatic carbocycles. The number of aromatic amines is 1. The van der Waals surface area contributed by atoms with E-state index in [1.165, 1.54) is 24.0 Å². The van der Waals surface area contributed by atoms with Crippen molar-refractivity contribution < 1.29 is 24.6 Å². The molecule has 2 aliphatic heterocycles. The highest BCUT2D eigenvalue weighted by atomic mass is 16.7. The van der Waals surface area contributed by atoms with Gasteiger partial charge in [0.15, 0.2) is 5.88 Å². The van der Waals surface area contributed by atoms with Crippen LogP contribution in [0.2, 0.25) is 0 Å². The van der Waals surface area contributed by atoms with E-state index in [1.807, 2.05) is 30.3 Å². The van der Waals surface area contributed by atoms with Gasteiger partial charge in [0.1, 0.15) is 0 Å². The van der Waals surface area contributed by atoms with Gasteiger partial charge in [-0.25, -0.2) is 14.9 Å². The van der Waals surface area contributed by atoms with Crippen molar-refractivity contribution in [2.75, 3.05) is 33.3 Å². The molecule has 10 heteroatoms. The first-order valence-corrected chi connectivity index (χ1v) is 14.5. The van der Waals surface area contributed by atoms with Crippen LogP contribution in [-0.2, 0) is 4.84 Å². The molecule has 3 heterocycles. The standard InChI is InChI=1S/C33H35N5O5/c1-20-16-27-28(17-26(20)33(41)42)36-31(39)29(27)30(21-6-4-3-5-7-21)35-23-10-8-22(9-11-23)32(40)37(2)43-15-14-38-18-24-12-13-25(19-38)34-24/h3-11,16-17,24-25,34,36,39H,12-15,18-19H2,1-2H3,(H,41,42). The molecule has 1 amide bonds. The summed E-state index contributed by atoms with van der Waals surface area (Å²) in [7, 11) is 1.63. The Morgan fingerprint density at radius 1 is 1.02 bits per heavy atom. The van der Waals surface area contributed by atoms with E-state index < -0.39 is 5.97 Å². The minimum atomic E-state index is -1.04. The van der Waals surface area contributed by atoms with Crippen molar-refractivity contribution in [3.05, 3.63) is 94.5 Å². The molecule has 3 aromatic carbocycles. The van der Waals surface area contributed by atoms with Gasteiger partial charge in [-0.3, -0.25) is 14.5 Å². The summed E-state index contributed by atoms with van der Waals surface area (Å²) in [5.74, 6) is -1.40. The van der Waals surface area contributed by atoms with Gasteiger partial charge in [0.2, 0.25) is 0 Å². The summed E-state index contributed by atoms with van der Waals surface area (Å²) in [6.07, 6.45) is 2.45. The number of rotatable bonds is 9. The smallest absolute Gasteiger partial charge is 0.336 e. The molecule has 0 saturated carbocycles. The Hall–Kier alpha value is -4.51. The van der Waals surface area contributed by atoms with Crippen LogP contribution < -0.4 is 5.32 Å². The number of aryl methyl sites for hydroxylation is 1. The maximum absolute atomic E-state index is 13.0. The second-order valence-corrected chi connectivity index (χ2v) is 11.3. The number of nitrogens with zero attached hydrogens (tertiary/aromatic N) is 3. The molecule has 4 N–H and O–H groups in total. The lowest BCUT2D eigenvalue weighted by molar-refractivity contribution is -0.111. The third kappa shape index (κ3) is 6.03. The van der Waals surface area contributed by atoms with Crippen LogP contribution in [0.3, 0.4) is 0 Å². The Labute approximate surface area is 249 Å². The number of amides is 1. The average Bonchev–Trinajstić information content (AvgIpc) is 3.51. The largest absolute Gasteiger partial charge is 0.494 e. The number of carbonyl (C=O) groups is 2. The molecule has 10 nitrogen and oxygen atoms in total. The average molecular weight is 582 g/mol. The lowest BCUT2D eigenvalue weighted by atomic mass is 9.98. The third-order valence-electron chi connectivity index (χ3n) is 8.26. The summed E-state index contributed by atoms with van der Waals surface area (Å²) in [6.45, 7) is 4.97. The summed E-state index contributed by atoms with van der Waals surface area (Å²) >= 11 is 0. The zero-order valence-corrected chi connectivity index (χ0v) is 24.2. The van der Waals surface area contributed by atoms with Gasteiger partial charge >= 0.3 is 5.97 Å². The molecule has 0 spiro atoms.